The van der Waals surface area contributed by atoms with Crippen LogP contribution in [0.1, 0.15) is 25.3 Å². The largest absolute Gasteiger partial charge is 0.480 e. The minimum atomic E-state index is -0.765. The molecular weight excluding hydrogens is 240 g/mol. The van der Waals surface area contributed by atoms with Gasteiger partial charge in [0.15, 0.2) is 0 Å². The van der Waals surface area contributed by atoms with Gasteiger partial charge in [0.1, 0.15) is 6.04 Å². The predicted octanol–water partition coefficient (Wildman–Crippen LogP) is 2.03. The number of carboxylic acid groups (broad SMARTS) is 1. The first-order chi connectivity index (χ1) is 9.11. The first-order valence-corrected chi connectivity index (χ1v) is 6.91. The molecule has 1 aromatic carbocycles. The molecule has 0 bridgehead atoms. The number of aliphatic carboxylic acids is 1. The van der Waals surface area contributed by atoms with E-state index in [0.29, 0.717) is 12.6 Å². The van der Waals surface area contributed by atoms with Crippen LogP contribution in [-0.2, 0) is 4.79 Å². The number of likely N-dealkylation sites (N-methyl/N-ethyl adjacent to an activating group) is 1. The van der Waals surface area contributed by atoms with Crippen LogP contribution in [0, 0.1) is 6.92 Å². The highest BCUT2D eigenvalue weighted by molar-refractivity contribution is 5.74. The lowest BCUT2D eigenvalue weighted by atomic mass is 10.1. The smallest absolute Gasteiger partial charge is 0.322 e. The van der Waals surface area contributed by atoms with Crippen LogP contribution < -0.4 is 10.2 Å². The van der Waals surface area contributed by atoms with Crippen LogP contribution in [0.3, 0.4) is 0 Å². The van der Waals surface area contributed by atoms with Crippen molar-refractivity contribution in [3.8, 4) is 0 Å². The van der Waals surface area contributed by atoms with Gasteiger partial charge in [0, 0.05) is 24.8 Å². The second-order valence-electron chi connectivity index (χ2n) is 5.16. The van der Waals surface area contributed by atoms with E-state index in [1.165, 1.54) is 5.56 Å². The number of benzene rings is 1. The van der Waals surface area contributed by atoms with Crippen LogP contribution >= 0.6 is 0 Å². The van der Waals surface area contributed by atoms with E-state index in [1.807, 2.05) is 12.1 Å². The van der Waals surface area contributed by atoms with E-state index in [0.717, 1.165) is 25.1 Å². The maximum absolute atomic E-state index is 11.3. The van der Waals surface area contributed by atoms with Crippen LogP contribution in [0.2, 0.25) is 0 Å². The van der Waals surface area contributed by atoms with Crippen molar-refractivity contribution in [2.75, 3.05) is 18.0 Å². The highest BCUT2D eigenvalue weighted by Crippen LogP contribution is 2.22. The summed E-state index contributed by atoms with van der Waals surface area (Å²) < 4.78 is 0. The second kappa shape index (κ2) is 6.06. The van der Waals surface area contributed by atoms with E-state index in [1.54, 1.807) is 0 Å². The van der Waals surface area contributed by atoms with Crippen molar-refractivity contribution >= 4 is 11.7 Å². The maximum atomic E-state index is 11.3. The zero-order valence-corrected chi connectivity index (χ0v) is 11.6. The van der Waals surface area contributed by atoms with E-state index in [4.69, 9.17) is 0 Å². The van der Waals surface area contributed by atoms with Gasteiger partial charge in [0.25, 0.3) is 0 Å². The summed E-state index contributed by atoms with van der Waals surface area (Å²) >= 11 is 0. The zero-order chi connectivity index (χ0) is 13.8. The Hall–Kier alpha value is -1.55. The Morgan fingerprint density at radius 3 is 2.68 bits per heavy atom. The van der Waals surface area contributed by atoms with Crippen LogP contribution in [0.25, 0.3) is 0 Å². The molecule has 2 N–H and O–H groups in total. The Bertz CT molecular complexity index is 444. The number of hydrogen-bond acceptors (Lipinski definition) is 3. The van der Waals surface area contributed by atoms with E-state index >= 15 is 0 Å². The lowest BCUT2D eigenvalue weighted by Gasteiger charge is -2.28. The monoisotopic (exact) mass is 262 g/mol. The molecule has 0 heterocycles. The van der Waals surface area contributed by atoms with Crippen molar-refractivity contribution in [2.24, 2.45) is 0 Å². The van der Waals surface area contributed by atoms with Gasteiger partial charge in [-0.05, 0) is 38.3 Å². The molecule has 104 valence electrons. The topological polar surface area (TPSA) is 52.6 Å². The fourth-order valence-corrected chi connectivity index (χ4v) is 2.27. The van der Waals surface area contributed by atoms with Crippen molar-refractivity contribution in [2.45, 2.75) is 38.8 Å². The van der Waals surface area contributed by atoms with Crippen molar-refractivity contribution in [1.29, 1.82) is 0 Å². The fourth-order valence-electron chi connectivity index (χ4n) is 2.27. The average molecular weight is 262 g/mol. The molecule has 0 aromatic heterocycles. The third-order valence-electron chi connectivity index (χ3n) is 3.55. The van der Waals surface area contributed by atoms with Gasteiger partial charge in [-0.3, -0.25) is 4.79 Å². The number of anilines is 1. The second-order valence-corrected chi connectivity index (χ2v) is 5.16. The minimum Gasteiger partial charge on any atom is -0.480 e. The Balaban J connectivity index is 2.08. The average Bonchev–Trinajstić information content (AvgIpc) is 3.19. The van der Waals surface area contributed by atoms with Crippen molar-refractivity contribution in [3.63, 3.8) is 0 Å². The Morgan fingerprint density at radius 1 is 1.47 bits per heavy atom. The first-order valence-electron chi connectivity index (χ1n) is 6.91. The van der Waals surface area contributed by atoms with Gasteiger partial charge < -0.3 is 15.3 Å². The van der Waals surface area contributed by atoms with E-state index in [-0.39, 0.29) is 0 Å². The molecule has 1 fully saturated rings. The van der Waals surface area contributed by atoms with Gasteiger partial charge in [-0.25, -0.2) is 0 Å². The Kier molecular flexibility index (Phi) is 4.43. The van der Waals surface area contributed by atoms with Crippen molar-refractivity contribution < 1.29 is 9.90 Å². The van der Waals surface area contributed by atoms with Crippen LogP contribution in [0.4, 0.5) is 5.69 Å². The molecule has 4 heteroatoms. The van der Waals surface area contributed by atoms with Gasteiger partial charge in [-0.1, -0.05) is 18.2 Å². The minimum absolute atomic E-state index is 0.400. The summed E-state index contributed by atoms with van der Waals surface area (Å²) in [6.45, 7) is 5.43. The van der Waals surface area contributed by atoms with E-state index in [2.05, 4.69) is 36.2 Å². The SMILES string of the molecule is CCN(CC(NC1CC1)C(=O)O)c1ccccc1C. The Labute approximate surface area is 114 Å². The molecule has 1 saturated carbocycles. The summed E-state index contributed by atoms with van der Waals surface area (Å²) in [6.07, 6.45) is 2.19. The lowest BCUT2D eigenvalue weighted by Crippen LogP contribution is -2.47. The molecular formula is C15H22N2O2. The molecule has 1 atom stereocenters. The summed E-state index contributed by atoms with van der Waals surface area (Å²) in [5.41, 5.74) is 2.30. The van der Waals surface area contributed by atoms with Gasteiger partial charge in [0.05, 0.1) is 0 Å². The molecule has 4 nitrogen and oxygen atoms in total. The first kappa shape index (κ1) is 13.9. The van der Waals surface area contributed by atoms with Crippen molar-refractivity contribution in [1.82, 2.24) is 5.32 Å². The molecule has 2 rings (SSSR count). The summed E-state index contributed by atoms with van der Waals surface area (Å²) in [6, 6.07) is 8.01. The molecule has 1 unspecified atom stereocenters. The molecule has 1 aliphatic carbocycles. The number of carboxylic acids is 1. The number of aryl methyl sites for hydroxylation is 1. The van der Waals surface area contributed by atoms with Crippen LogP contribution in [0.5, 0.6) is 0 Å². The summed E-state index contributed by atoms with van der Waals surface area (Å²) in [4.78, 5) is 13.5. The number of para-hydroxylation sites is 1. The fraction of sp³-hybridized carbons (Fsp3) is 0.533. The highest BCUT2D eigenvalue weighted by Gasteiger charge is 2.29. The molecule has 1 aliphatic rings. The summed E-state index contributed by atoms with van der Waals surface area (Å²) in [7, 11) is 0. The quantitative estimate of drug-likeness (QED) is 0.789. The molecule has 1 aromatic rings. The number of rotatable bonds is 7. The highest BCUT2D eigenvalue weighted by atomic mass is 16.4. The Morgan fingerprint density at radius 2 is 2.16 bits per heavy atom. The number of nitrogens with zero attached hydrogens (tertiary/aromatic N) is 1. The van der Waals surface area contributed by atoms with Gasteiger partial charge in [-0.15, -0.1) is 0 Å². The summed E-state index contributed by atoms with van der Waals surface area (Å²) in [5, 5.41) is 12.5. The predicted molar refractivity (Wildman–Crippen MR) is 76.6 cm³/mol. The van der Waals surface area contributed by atoms with Gasteiger partial charge >= 0.3 is 5.97 Å². The molecule has 0 aliphatic heterocycles. The van der Waals surface area contributed by atoms with Gasteiger partial charge in [0.2, 0.25) is 0 Å². The van der Waals surface area contributed by atoms with Gasteiger partial charge in [-0.2, -0.15) is 0 Å². The van der Waals surface area contributed by atoms with Crippen molar-refractivity contribution in [3.05, 3.63) is 29.8 Å². The summed E-state index contributed by atoms with van der Waals surface area (Å²) in [5.74, 6) is -0.765. The van der Waals surface area contributed by atoms with Crippen LogP contribution in [-0.4, -0.2) is 36.2 Å². The normalized spacial score (nSPS) is 16.1. The van der Waals surface area contributed by atoms with E-state index in [9.17, 15) is 9.90 Å². The molecule has 0 radical (unpaired) electrons. The van der Waals surface area contributed by atoms with E-state index < -0.39 is 12.0 Å². The molecule has 19 heavy (non-hydrogen) atoms. The van der Waals surface area contributed by atoms with Crippen LogP contribution in [0.15, 0.2) is 24.3 Å². The maximum Gasteiger partial charge on any atom is 0.322 e. The number of hydrogen-bond donors (Lipinski definition) is 2. The number of carbonyl (C=O) groups is 1. The molecule has 0 amide bonds. The zero-order valence-electron chi connectivity index (χ0n) is 11.6. The third kappa shape index (κ3) is 3.70. The number of nitrogens with one attached hydrogen (secondary N) is 1. The molecule has 0 saturated heterocycles. The molecule has 0 spiro atoms. The third-order valence-corrected chi connectivity index (χ3v) is 3.55. The lowest BCUT2D eigenvalue weighted by molar-refractivity contribution is -0.139. The standard InChI is InChI=1S/C15H22N2O2/c1-3-17(14-7-5-4-6-11(14)2)10-13(15(18)19)16-12-8-9-12/h4-7,12-13,16H,3,8-10H2,1-2H3,(H,18,19).